The molecular weight excluding hydrogens is 438 g/mol. The van der Waals surface area contributed by atoms with Crippen molar-refractivity contribution in [2.75, 3.05) is 5.32 Å². The Labute approximate surface area is 199 Å². The zero-order chi connectivity index (χ0) is 23.8. The summed E-state index contributed by atoms with van der Waals surface area (Å²) in [6.45, 7) is 0. The van der Waals surface area contributed by atoms with Crippen molar-refractivity contribution in [1.82, 2.24) is 9.97 Å². The number of amides is 1. The van der Waals surface area contributed by atoms with Crippen LogP contribution in [0.5, 0.6) is 0 Å². The second-order valence-corrected chi connectivity index (χ2v) is 8.20. The van der Waals surface area contributed by atoms with Crippen LogP contribution in [0.1, 0.15) is 10.4 Å². The molecule has 0 aliphatic heterocycles. The smallest absolute Gasteiger partial charge is 0.344 e. The van der Waals surface area contributed by atoms with Crippen LogP contribution in [0, 0.1) is 0 Å². The van der Waals surface area contributed by atoms with Gasteiger partial charge in [0.2, 0.25) is 0 Å². The number of rotatable bonds is 4. The first-order valence-corrected chi connectivity index (χ1v) is 11.1. The molecule has 2 heterocycles. The van der Waals surface area contributed by atoms with E-state index in [1.54, 1.807) is 36.4 Å². The van der Waals surface area contributed by atoms with Crippen molar-refractivity contribution < 1.29 is 9.21 Å². The highest BCUT2D eigenvalue weighted by Gasteiger charge is 2.11. The highest BCUT2D eigenvalue weighted by Crippen LogP contribution is 2.24. The number of imidazole rings is 1. The average molecular weight is 457 g/mol. The van der Waals surface area contributed by atoms with E-state index in [1.807, 2.05) is 66.7 Å². The van der Waals surface area contributed by atoms with Crippen LogP contribution in [0.25, 0.3) is 44.5 Å². The molecule has 0 saturated heterocycles. The Morgan fingerprint density at radius 2 is 1.51 bits per heavy atom. The molecule has 2 N–H and O–H groups in total. The lowest BCUT2D eigenvalue weighted by Gasteiger charge is -2.07. The summed E-state index contributed by atoms with van der Waals surface area (Å²) in [5, 5.41) is 3.75. The van der Waals surface area contributed by atoms with Gasteiger partial charge in [0.15, 0.2) is 0 Å². The fraction of sp³-hybridized carbons (Fsp3) is 0. The Morgan fingerprint density at radius 3 is 2.31 bits per heavy atom. The molecule has 0 radical (unpaired) electrons. The summed E-state index contributed by atoms with van der Waals surface area (Å²) in [7, 11) is 0. The zero-order valence-corrected chi connectivity index (χ0v) is 18.5. The van der Waals surface area contributed by atoms with Crippen LogP contribution in [0.4, 0.5) is 5.69 Å². The van der Waals surface area contributed by atoms with Crippen molar-refractivity contribution in [2.45, 2.75) is 0 Å². The van der Waals surface area contributed by atoms with Crippen LogP contribution >= 0.6 is 0 Å². The zero-order valence-electron chi connectivity index (χ0n) is 18.5. The number of para-hydroxylation sites is 3. The number of aromatic amines is 1. The molecule has 6 nitrogen and oxygen atoms in total. The van der Waals surface area contributed by atoms with E-state index in [0.717, 1.165) is 27.8 Å². The Balaban J connectivity index is 1.19. The SMILES string of the molecule is O=C(Nc1ccc(-c2nc3ccccc3[nH]2)cc1)c1ccc(-c2cc3ccccc3oc2=O)cc1. The van der Waals surface area contributed by atoms with Gasteiger partial charge in [-0.2, -0.15) is 0 Å². The van der Waals surface area contributed by atoms with Gasteiger partial charge in [-0.1, -0.05) is 42.5 Å². The normalized spacial score (nSPS) is 11.1. The predicted molar refractivity (Wildman–Crippen MR) is 137 cm³/mol. The topological polar surface area (TPSA) is 88.0 Å². The number of H-pyrrole nitrogens is 1. The summed E-state index contributed by atoms with van der Waals surface area (Å²) in [6.07, 6.45) is 0. The molecule has 168 valence electrons. The van der Waals surface area contributed by atoms with Crippen molar-refractivity contribution in [2.24, 2.45) is 0 Å². The standard InChI is InChI=1S/C29H19N3O3/c33-28(30-22-15-13-19(14-16-22)27-31-24-6-2-3-7-25(24)32-27)20-11-9-18(10-12-20)23-17-21-5-1-4-8-26(21)35-29(23)34/h1-17H,(H,30,33)(H,31,32). The van der Waals surface area contributed by atoms with Gasteiger partial charge in [-0.15, -0.1) is 0 Å². The second-order valence-electron chi connectivity index (χ2n) is 8.20. The minimum absolute atomic E-state index is 0.237. The Bertz CT molecular complexity index is 1710. The number of hydrogen-bond donors (Lipinski definition) is 2. The van der Waals surface area contributed by atoms with E-state index < -0.39 is 5.63 Å². The molecule has 6 aromatic rings. The molecule has 4 aromatic carbocycles. The maximum absolute atomic E-state index is 12.8. The van der Waals surface area contributed by atoms with Gasteiger partial charge in [0.25, 0.3) is 5.91 Å². The molecule has 1 amide bonds. The largest absolute Gasteiger partial charge is 0.422 e. The van der Waals surface area contributed by atoms with Crippen LogP contribution in [0.15, 0.2) is 112 Å². The van der Waals surface area contributed by atoms with Gasteiger partial charge in [-0.05, 0) is 66.2 Å². The van der Waals surface area contributed by atoms with Gasteiger partial charge in [0.1, 0.15) is 11.4 Å². The highest BCUT2D eigenvalue weighted by atomic mass is 16.4. The lowest BCUT2D eigenvalue weighted by atomic mass is 10.0. The Morgan fingerprint density at radius 1 is 0.800 bits per heavy atom. The van der Waals surface area contributed by atoms with Gasteiger partial charge in [0, 0.05) is 22.2 Å². The van der Waals surface area contributed by atoms with Crippen molar-refractivity contribution in [1.29, 1.82) is 0 Å². The van der Waals surface area contributed by atoms with Crippen LogP contribution < -0.4 is 10.9 Å². The van der Waals surface area contributed by atoms with Crippen LogP contribution in [-0.4, -0.2) is 15.9 Å². The summed E-state index contributed by atoms with van der Waals surface area (Å²) in [5.74, 6) is 0.538. The molecule has 0 spiro atoms. The molecule has 0 unspecified atom stereocenters. The summed E-state index contributed by atoms with van der Waals surface area (Å²) < 4.78 is 5.42. The maximum Gasteiger partial charge on any atom is 0.344 e. The molecule has 0 aliphatic carbocycles. The molecule has 0 saturated carbocycles. The summed E-state index contributed by atoms with van der Waals surface area (Å²) in [4.78, 5) is 33.1. The van der Waals surface area contributed by atoms with Gasteiger partial charge in [0.05, 0.1) is 16.6 Å². The molecule has 0 aliphatic rings. The molecule has 0 bridgehead atoms. The van der Waals surface area contributed by atoms with E-state index in [-0.39, 0.29) is 5.91 Å². The van der Waals surface area contributed by atoms with Gasteiger partial charge < -0.3 is 14.7 Å². The maximum atomic E-state index is 12.8. The Hall–Kier alpha value is -4.97. The number of carbonyl (C=O) groups excluding carboxylic acids is 1. The third-order valence-corrected chi connectivity index (χ3v) is 5.91. The fourth-order valence-corrected chi connectivity index (χ4v) is 4.07. The number of anilines is 1. The minimum Gasteiger partial charge on any atom is -0.422 e. The van der Waals surface area contributed by atoms with Crippen molar-refractivity contribution in [3.8, 4) is 22.5 Å². The lowest BCUT2D eigenvalue weighted by molar-refractivity contribution is 0.102. The first-order valence-electron chi connectivity index (χ1n) is 11.1. The molecule has 6 rings (SSSR count). The number of benzene rings is 4. The lowest BCUT2D eigenvalue weighted by Crippen LogP contribution is -2.11. The third-order valence-electron chi connectivity index (χ3n) is 5.91. The highest BCUT2D eigenvalue weighted by molar-refractivity contribution is 6.04. The molecule has 6 heteroatoms. The van der Waals surface area contributed by atoms with E-state index in [1.165, 1.54) is 0 Å². The van der Waals surface area contributed by atoms with Crippen LogP contribution in [0.2, 0.25) is 0 Å². The molecule has 35 heavy (non-hydrogen) atoms. The average Bonchev–Trinajstić information content (AvgIpc) is 3.33. The van der Waals surface area contributed by atoms with E-state index >= 15 is 0 Å². The molecular formula is C29H19N3O3. The minimum atomic E-state index is -0.412. The summed E-state index contributed by atoms with van der Waals surface area (Å²) in [6, 6.07) is 31.4. The van der Waals surface area contributed by atoms with Crippen LogP contribution in [-0.2, 0) is 0 Å². The number of nitrogens with one attached hydrogen (secondary N) is 2. The number of nitrogens with zero attached hydrogens (tertiary/aromatic N) is 1. The first kappa shape index (κ1) is 20.6. The monoisotopic (exact) mass is 457 g/mol. The third kappa shape index (κ3) is 3.98. The van der Waals surface area contributed by atoms with Crippen molar-refractivity contribution >= 4 is 33.6 Å². The second kappa shape index (κ2) is 8.43. The number of hydrogen-bond acceptors (Lipinski definition) is 4. The molecule has 2 aromatic heterocycles. The van der Waals surface area contributed by atoms with Crippen LogP contribution in [0.3, 0.4) is 0 Å². The number of aromatic nitrogens is 2. The van der Waals surface area contributed by atoms with E-state index in [4.69, 9.17) is 4.42 Å². The van der Waals surface area contributed by atoms with E-state index in [9.17, 15) is 9.59 Å². The van der Waals surface area contributed by atoms with Gasteiger partial charge in [-0.3, -0.25) is 4.79 Å². The summed E-state index contributed by atoms with van der Waals surface area (Å²) in [5.41, 5.74) is 5.25. The number of carbonyl (C=O) groups is 1. The molecule has 0 atom stereocenters. The van der Waals surface area contributed by atoms with E-state index in [2.05, 4.69) is 15.3 Å². The van der Waals surface area contributed by atoms with Gasteiger partial charge in [-0.25, -0.2) is 9.78 Å². The molecule has 0 fully saturated rings. The quantitative estimate of drug-likeness (QED) is 0.306. The van der Waals surface area contributed by atoms with E-state index in [0.29, 0.717) is 28.0 Å². The first-order chi connectivity index (χ1) is 17.1. The Kier molecular flexibility index (Phi) is 4.96. The predicted octanol–water partition coefficient (Wildman–Crippen LogP) is 6.26. The van der Waals surface area contributed by atoms with Crippen molar-refractivity contribution in [3.63, 3.8) is 0 Å². The van der Waals surface area contributed by atoms with Gasteiger partial charge >= 0.3 is 5.63 Å². The van der Waals surface area contributed by atoms with Crippen molar-refractivity contribution in [3.05, 3.63) is 119 Å². The summed E-state index contributed by atoms with van der Waals surface area (Å²) >= 11 is 0. The number of fused-ring (bicyclic) bond motifs is 2. The fourth-order valence-electron chi connectivity index (χ4n) is 4.07.